The van der Waals surface area contributed by atoms with Crippen LogP contribution in [0.5, 0.6) is 0 Å². The number of hydrogen-bond acceptors (Lipinski definition) is 5. The van der Waals surface area contributed by atoms with Crippen LogP contribution in [0.15, 0.2) is 60.7 Å². The van der Waals surface area contributed by atoms with E-state index in [2.05, 4.69) is 15.0 Å². The van der Waals surface area contributed by atoms with Crippen molar-refractivity contribution < 1.29 is 9.59 Å². The second-order valence-corrected chi connectivity index (χ2v) is 8.08. The molecule has 1 aliphatic heterocycles. The molecule has 1 atom stereocenters. The van der Waals surface area contributed by atoms with Crippen LogP contribution in [0.3, 0.4) is 0 Å². The maximum Gasteiger partial charge on any atom is 0.276 e. The van der Waals surface area contributed by atoms with Crippen LogP contribution in [0.4, 0.5) is 11.4 Å². The first kappa shape index (κ1) is 18.3. The number of nitrogens with zero attached hydrogens (tertiary/aromatic N) is 1. The van der Waals surface area contributed by atoms with E-state index in [1.165, 1.54) is 11.5 Å². The molecule has 2 heterocycles. The maximum atomic E-state index is 13.1. The van der Waals surface area contributed by atoms with E-state index in [9.17, 15) is 9.59 Å². The van der Waals surface area contributed by atoms with Gasteiger partial charge in [-0.05, 0) is 47.8 Å². The summed E-state index contributed by atoms with van der Waals surface area (Å²) in [6.45, 7) is 2.00. The normalized spacial score (nSPS) is 15.1. The summed E-state index contributed by atoms with van der Waals surface area (Å²) in [5.41, 5.74) is 10.5. The molecule has 0 fully saturated rings. The summed E-state index contributed by atoms with van der Waals surface area (Å²) in [5, 5.41) is 6.77. The van der Waals surface area contributed by atoms with Crippen molar-refractivity contribution in [3.8, 4) is 0 Å². The third-order valence-corrected chi connectivity index (χ3v) is 6.18. The number of anilines is 2. The number of hydrogen-bond donors (Lipinski definition) is 3. The average molecular weight is 414 g/mol. The Morgan fingerprint density at radius 1 is 1.13 bits per heavy atom. The van der Waals surface area contributed by atoms with Gasteiger partial charge >= 0.3 is 0 Å². The van der Waals surface area contributed by atoms with Gasteiger partial charge in [-0.3, -0.25) is 9.59 Å². The molecule has 6 nitrogen and oxygen atoms in total. The fourth-order valence-electron chi connectivity index (χ4n) is 3.93. The van der Waals surface area contributed by atoms with Crippen LogP contribution in [0.2, 0.25) is 0 Å². The molecule has 0 radical (unpaired) electrons. The molecule has 0 aliphatic carbocycles. The van der Waals surface area contributed by atoms with Crippen LogP contribution in [-0.2, 0) is 0 Å². The van der Waals surface area contributed by atoms with Crippen LogP contribution in [0.25, 0.3) is 10.1 Å². The Bertz CT molecular complexity index is 1330. The molecule has 0 saturated heterocycles. The highest BCUT2D eigenvalue weighted by atomic mass is 32.1. The van der Waals surface area contributed by atoms with Crippen molar-refractivity contribution in [3.05, 3.63) is 88.6 Å². The Balaban J connectivity index is 1.60. The van der Waals surface area contributed by atoms with Crippen LogP contribution in [0, 0.1) is 6.92 Å². The van der Waals surface area contributed by atoms with Crippen LogP contribution in [0.1, 0.15) is 43.6 Å². The van der Waals surface area contributed by atoms with Gasteiger partial charge in [0.2, 0.25) is 0 Å². The van der Waals surface area contributed by atoms with Crippen molar-refractivity contribution in [2.75, 3.05) is 11.1 Å². The zero-order valence-electron chi connectivity index (χ0n) is 16.1. The molecule has 0 bridgehead atoms. The molecule has 4 N–H and O–H groups in total. The lowest BCUT2D eigenvalue weighted by Gasteiger charge is -2.18. The number of nitrogens with two attached hydrogens (primary N) is 1. The van der Waals surface area contributed by atoms with E-state index in [1.807, 2.05) is 55.5 Å². The molecule has 3 aromatic carbocycles. The number of nitrogen functional groups attached to an aromatic ring is 1. The van der Waals surface area contributed by atoms with Gasteiger partial charge in [0, 0.05) is 27.9 Å². The quantitative estimate of drug-likeness (QED) is 0.436. The first-order chi connectivity index (χ1) is 14.5. The van der Waals surface area contributed by atoms with E-state index in [1.54, 1.807) is 12.1 Å². The summed E-state index contributed by atoms with van der Waals surface area (Å²) >= 11 is 1.28. The topological polar surface area (TPSA) is 97.1 Å². The van der Waals surface area contributed by atoms with E-state index in [-0.39, 0.29) is 17.9 Å². The van der Waals surface area contributed by atoms with E-state index < -0.39 is 0 Å². The highest BCUT2D eigenvalue weighted by Gasteiger charge is 2.34. The molecule has 4 aromatic rings. The van der Waals surface area contributed by atoms with Crippen molar-refractivity contribution in [2.45, 2.75) is 13.0 Å². The van der Waals surface area contributed by atoms with Crippen molar-refractivity contribution >= 4 is 44.8 Å². The molecule has 0 saturated carbocycles. The minimum Gasteiger partial charge on any atom is -0.399 e. The van der Waals surface area contributed by atoms with Gasteiger partial charge in [0.1, 0.15) is 5.69 Å². The molecule has 0 spiro atoms. The smallest absolute Gasteiger partial charge is 0.276 e. The van der Waals surface area contributed by atoms with Crippen LogP contribution < -0.4 is 16.4 Å². The summed E-state index contributed by atoms with van der Waals surface area (Å²) in [6.07, 6.45) is 0. The Labute approximate surface area is 176 Å². The van der Waals surface area contributed by atoms with E-state index in [0.29, 0.717) is 22.6 Å². The van der Waals surface area contributed by atoms with Gasteiger partial charge in [-0.2, -0.15) is 4.37 Å². The number of aromatic nitrogens is 1. The summed E-state index contributed by atoms with van der Waals surface area (Å²) in [6, 6.07) is 18.4. The standard InChI is InChI=1S/C23H18N4O2S/c1-12-6-2-3-7-14(12)20-19-16(22(28)26-20)10-13(24)11-17(19)25-23(29)21-15-8-4-5-9-18(15)30-27-21/h2-11,20H,24H2,1H3,(H,25,29)(H,26,28). The summed E-state index contributed by atoms with van der Waals surface area (Å²) in [7, 11) is 0. The van der Waals surface area contributed by atoms with Gasteiger partial charge in [0.05, 0.1) is 10.7 Å². The van der Waals surface area contributed by atoms with Crippen LogP contribution >= 0.6 is 11.5 Å². The molecular formula is C23H18N4O2S. The van der Waals surface area contributed by atoms with Crippen molar-refractivity contribution in [1.82, 2.24) is 9.69 Å². The van der Waals surface area contributed by atoms with Gasteiger partial charge in [-0.15, -0.1) is 0 Å². The Hall–Kier alpha value is -3.71. The van der Waals surface area contributed by atoms with Gasteiger partial charge in [-0.25, -0.2) is 0 Å². The van der Waals surface area contributed by atoms with Gasteiger partial charge in [-0.1, -0.05) is 42.5 Å². The number of fused-ring (bicyclic) bond motifs is 2. The monoisotopic (exact) mass is 414 g/mol. The van der Waals surface area contributed by atoms with Crippen molar-refractivity contribution in [2.24, 2.45) is 0 Å². The average Bonchev–Trinajstić information content (AvgIpc) is 3.30. The second kappa shape index (κ2) is 6.96. The van der Waals surface area contributed by atoms with Gasteiger partial charge in [0.25, 0.3) is 11.8 Å². The van der Waals surface area contributed by atoms with Crippen molar-refractivity contribution in [3.63, 3.8) is 0 Å². The molecule has 148 valence electrons. The molecule has 2 amide bonds. The molecule has 5 rings (SSSR count). The number of aryl methyl sites for hydroxylation is 1. The van der Waals surface area contributed by atoms with Gasteiger partial charge in [0.15, 0.2) is 0 Å². The minimum atomic E-state index is -0.364. The van der Waals surface area contributed by atoms with E-state index in [0.717, 1.165) is 26.8 Å². The first-order valence-corrected chi connectivity index (χ1v) is 10.3. The lowest BCUT2D eigenvalue weighted by atomic mass is 9.93. The number of carbonyl (C=O) groups is 2. The van der Waals surface area contributed by atoms with Crippen molar-refractivity contribution in [1.29, 1.82) is 0 Å². The molecule has 1 aliphatic rings. The Morgan fingerprint density at radius 2 is 1.90 bits per heavy atom. The molecule has 1 aromatic heterocycles. The first-order valence-electron chi connectivity index (χ1n) is 9.48. The molecular weight excluding hydrogens is 396 g/mol. The SMILES string of the molecule is Cc1ccccc1C1NC(=O)c2cc(N)cc(NC(=O)c3nsc4ccccc34)c21. The third kappa shape index (κ3) is 2.91. The highest BCUT2D eigenvalue weighted by Crippen LogP contribution is 2.39. The summed E-state index contributed by atoms with van der Waals surface area (Å²) in [4.78, 5) is 25.7. The Kier molecular flexibility index (Phi) is 4.25. The largest absolute Gasteiger partial charge is 0.399 e. The van der Waals surface area contributed by atoms with Gasteiger partial charge < -0.3 is 16.4 Å². The molecule has 30 heavy (non-hydrogen) atoms. The van der Waals surface area contributed by atoms with E-state index >= 15 is 0 Å². The Morgan fingerprint density at radius 3 is 2.73 bits per heavy atom. The number of rotatable bonds is 3. The maximum absolute atomic E-state index is 13.1. The number of carbonyl (C=O) groups excluding carboxylic acids is 2. The summed E-state index contributed by atoms with van der Waals surface area (Å²) < 4.78 is 5.27. The lowest BCUT2D eigenvalue weighted by Crippen LogP contribution is -2.21. The fourth-order valence-corrected chi connectivity index (χ4v) is 4.71. The number of benzene rings is 3. The zero-order chi connectivity index (χ0) is 20.8. The highest BCUT2D eigenvalue weighted by molar-refractivity contribution is 7.13. The number of amides is 2. The zero-order valence-corrected chi connectivity index (χ0v) is 16.9. The fraction of sp³-hybridized carbons (Fsp3) is 0.0870. The van der Waals surface area contributed by atoms with E-state index in [4.69, 9.17) is 5.73 Å². The number of nitrogens with one attached hydrogen (secondary N) is 2. The second-order valence-electron chi connectivity index (χ2n) is 7.27. The predicted octanol–water partition coefficient (Wildman–Crippen LogP) is 4.27. The minimum absolute atomic E-state index is 0.208. The molecule has 1 unspecified atom stereocenters. The summed E-state index contributed by atoms with van der Waals surface area (Å²) in [5.74, 6) is -0.539. The third-order valence-electron chi connectivity index (χ3n) is 5.35. The molecule has 7 heteroatoms. The lowest BCUT2D eigenvalue weighted by molar-refractivity contribution is 0.0959. The van der Waals surface area contributed by atoms with Crippen LogP contribution in [-0.4, -0.2) is 16.2 Å². The predicted molar refractivity (Wildman–Crippen MR) is 119 cm³/mol.